The standard InChI is InChI=1S/C21H16N6O9S4/c1-10-18(20(22)27(26-10)15-9-11(38(28,29)30)5-8-17(15)40(34,35)36)24-25-21-23-14-7-6-12-13(19(14)37-21)3-2-4-16(12)39(31,32)33/h2-9H,22H2,1H3,(H,28,29,30)(H,31,32,33)(H,34,35,36). The van der Waals surface area contributed by atoms with Gasteiger partial charge in [0.2, 0.25) is 5.13 Å². The Bertz CT molecular complexity index is 2220. The maximum atomic E-state index is 11.9. The summed E-state index contributed by atoms with van der Waals surface area (Å²) in [7, 11) is -14.1. The quantitative estimate of drug-likeness (QED) is 0.156. The van der Waals surface area contributed by atoms with E-state index in [1.165, 1.54) is 25.1 Å². The molecule has 15 nitrogen and oxygen atoms in total. The van der Waals surface area contributed by atoms with Gasteiger partial charge in [0.25, 0.3) is 30.4 Å². The number of aryl methyl sites for hydroxylation is 1. The predicted molar refractivity (Wildman–Crippen MR) is 143 cm³/mol. The van der Waals surface area contributed by atoms with Gasteiger partial charge in [-0.25, -0.2) is 9.67 Å². The number of hydrogen-bond acceptors (Lipinski definition) is 12. The Balaban J connectivity index is 1.61. The van der Waals surface area contributed by atoms with E-state index in [0.29, 0.717) is 15.6 Å². The summed E-state index contributed by atoms with van der Waals surface area (Å²) in [5.41, 5.74) is 6.25. The fourth-order valence-electron chi connectivity index (χ4n) is 3.95. The molecule has 2 heterocycles. The Kier molecular flexibility index (Phi) is 6.49. The first-order chi connectivity index (χ1) is 18.6. The van der Waals surface area contributed by atoms with Crippen LogP contribution in [0, 0.1) is 6.92 Å². The topological polar surface area (TPSA) is 245 Å². The number of thiazole rings is 1. The van der Waals surface area contributed by atoms with Crippen LogP contribution in [-0.4, -0.2) is 53.7 Å². The second-order valence-electron chi connectivity index (χ2n) is 8.25. The number of fused-ring (bicyclic) bond motifs is 3. The van der Waals surface area contributed by atoms with Gasteiger partial charge in [0, 0.05) is 10.8 Å². The largest absolute Gasteiger partial charge is 0.382 e. The molecule has 0 spiro atoms. The monoisotopic (exact) mass is 624 g/mol. The summed E-state index contributed by atoms with van der Waals surface area (Å²) < 4.78 is 101. The Hall–Kier alpha value is -3.85. The van der Waals surface area contributed by atoms with E-state index in [9.17, 15) is 38.9 Å². The van der Waals surface area contributed by atoms with E-state index in [-0.39, 0.29) is 32.6 Å². The minimum atomic E-state index is -4.87. The normalized spacial score (nSPS) is 13.1. The molecule has 0 amide bonds. The first-order valence-corrected chi connectivity index (χ1v) is 15.9. The molecule has 0 aliphatic heterocycles. The third-order valence-corrected chi connectivity index (χ3v) is 9.32. The maximum Gasteiger partial charge on any atom is 0.296 e. The molecule has 0 aliphatic carbocycles. The van der Waals surface area contributed by atoms with Crippen molar-refractivity contribution < 1.29 is 38.9 Å². The maximum absolute atomic E-state index is 11.9. The lowest BCUT2D eigenvalue weighted by atomic mass is 10.1. The summed E-state index contributed by atoms with van der Waals surface area (Å²) in [6.45, 7) is 1.46. The zero-order valence-corrected chi connectivity index (χ0v) is 23.1. The molecule has 0 radical (unpaired) electrons. The number of anilines is 1. The third-order valence-electron chi connectivity index (χ3n) is 5.67. The molecule has 19 heteroatoms. The molecule has 5 aromatic rings. The number of nitrogens with two attached hydrogens (primary N) is 1. The number of nitrogens with zero attached hydrogens (tertiary/aromatic N) is 5. The molecule has 40 heavy (non-hydrogen) atoms. The molecule has 0 atom stereocenters. The Morgan fingerprint density at radius 3 is 2.20 bits per heavy atom. The van der Waals surface area contributed by atoms with Gasteiger partial charge in [-0.15, -0.1) is 10.2 Å². The summed E-state index contributed by atoms with van der Waals surface area (Å²) in [6, 6.07) is 9.77. The van der Waals surface area contributed by atoms with Crippen molar-refractivity contribution in [2.75, 3.05) is 5.73 Å². The summed E-state index contributed by atoms with van der Waals surface area (Å²) in [5.74, 6) is -0.275. The van der Waals surface area contributed by atoms with Crippen molar-refractivity contribution in [3.8, 4) is 5.69 Å². The molecule has 0 fully saturated rings. The number of nitrogen functional groups attached to an aromatic ring is 1. The highest BCUT2D eigenvalue weighted by Gasteiger charge is 2.25. The van der Waals surface area contributed by atoms with Crippen LogP contribution in [0.5, 0.6) is 0 Å². The number of rotatable bonds is 6. The Morgan fingerprint density at radius 2 is 1.55 bits per heavy atom. The molecule has 208 valence electrons. The van der Waals surface area contributed by atoms with E-state index >= 15 is 0 Å². The van der Waals surface area contributed by atoms with Crippen LogP contribution in [-0.2, 0) is 30.4 Å². The molecule has 0 saturated carbocycles. The average Bonchev–Trinajstić information content (AvgIpc) is 3.40. The van der Waals surface area contributed by atoms with Crippen molar-refractivity contribution in [3.05, 3.63) is 54.2 Å². The fraction of sp³-hybridized carbons (Fsp3) is 0.0476. The minimum Gasteiger partial charge on any atom is -0.382 e. The highest BCUT2D eigenvalue weighted by molar-refractivity contribution is 7.86. The van der Waals surface area contributed by atoms with Gasteiger partial charge in [-0.2, -0.15) is 30.4 Å². The lowest BCUT2D eigenvalue weighted by molar-refractivity contribution is 0.477. The molecule has 2 aromatic heterocycles. The van der Waals surface area contributed by atoms with Crippen molar-refractivity contribution >= 4 is 79.3 Å². The van der Waals surface area contributed by atoms with Crippen LogP contribution < -0.4 is 5.73 Å². The molecule has 5 N–H and O–H groups in total. The first kappa shape index (κ1) is 27.7. The van der Waals surface area contributed by atoms with Crippen molar-refractivity contribution in [1.29, 1.82) is 0 Å². The van der Waals surface area contributed by atoms with E-state index in [1.54, 1.807) is 12.1 Å². The fourth-order valence-corrected chi connectivity index (χ4v) is 6.72. The third kappa shape index (κ3) is 4.94. The van der Waals surface area contributed by atoms with Crippen molar-refractivity contribution in [3.63, 3.8) is 0 Å². The van der Waals surface area contributed by atoms with Crippen molar-refractivity contribution in [2.45, 2.75) is 21.6 Å². The highest BCUT2D eigenvalue weighted by atomic mass is 32.2. The van der Waals surface area contributed by atoms with E-state index < -0.39 is 45.8 Å². The molecular weight excluding hydrogens is 609 g/mol. The summed E-state index contributed by atoms with van der Waals surface area (Å²) in [4.78, 5) is 2.68. The minimum absolute atomic E-state index is 0.0312. The number of hydrogen-bond donors (Lipinski definition) is 4. The van der Waals surface area contributed by atoms with Crippen LogP contribution in [0.15, 0.2) is 73.4 Å². The van der Waals surface area contributed by atoms with Crippen molar-refractivity contribution in [2.24, 2.45) is 10.2 Å². The van der Waals surface area contributed by atoms with E-state index in [2.05, 4.69) is 20.3 Å². The zero-order valence-electron chi connectivity index (χ0n) is 19.9. The van der Waals surface area contributed by atoms with Crippen LogP contribution in [0.1, 0.15) is 5.69 Å². The number of azo groups is 1. The van der Waals surface area contributed by atoms with Gasteiger partial charge >= 0.3 is 0 Å². The first-order valence-electron chi connectivity index (χ1n) is 10.7. The number of aromatic nitrogens is 3. The number of benzene rings is 3. The zero-order chi connectivity index (χ0) is 29.2. The summed E-state index contributed by atoms with van der Waals surface area (Å²) in [5, 5.41) is 13.2. The Morgan fingerprint density at radius 1 is 0.850 bits per heavy atom. The molecule has 0 unspecified atom stereocenters. The molecule has 0 bridgehead atoms. The van der Waals surface area contributed by atoms with Crippen LogP contribution in [0.2, 0.25) is 0 Å². The summed E-state index contributed by atoms with van der Waals surface area (Å²) >= 11 is 1.07. The van der Waals surface area contributed by atoms with Gasteiger partial charge in [-0.1, -0.05) is 29.5 Å². The van der Waals surface area contributed by atoms with E-state index in [1.807, 2.05) is 0 Å². The van der Waals surface area contributed by atoms with Crippen LogP contribution >= 0.6 is 11.3 Å². The van der Waals surface area contributed by atoms with E-state index in [4.69, 9.17) is 5.73 Å². The van der Waals surface area contributed by atoms with Crippen LogP contribution in [0.25, 0.3) is 26.7 Å². The molecule has 3 aromatic carbocycles. The molecule has 0 aliphatic rings. The van der Waals surface area contributed by atoms with Crippen LogP contribution in [0.3, 0.4) is 0 Å². The molecule has 5 rings (SSSR count). The van der Waals surface area contributed by atoms with Gasteiger partial charge < -0.3 is 5.73 Å². The van der Waals surface area contributed by atoms with Gasteiger partial charge in [0.1, 0.15) is 9.79 Å². The van der Waals surface area contributed by atoms with Crippen molar-refractivity contribution in [1.82, 2.24) is 14.8 Å². The molecular formula is C21H16N6O9S4. The SMILES string of the molecule is Cc1nn(-c2cc(S(=O)(=O)O)ccc2S(=O)(=O)O)c(N)c1N=Nc1nc2ccc3c(S(=O)(=O)O)cccc3c2s1. The van der Waals surface area contributed by atoms with Gasteiger partial charge in [0.05, 0.1) is 26.5 Å². The Labute approximate surface area is 229 Å². The summed E-state index contributed by atoms with van der Waals surface area (Å²) in [6.07, 6.45) is 0. The molecule has 0 saturated heterocycles. The second-order valence-corrected chi connectivity index (χ2v) is 13.4. The highest BCUT2D eigenvalue weighted by Crippen LogP contribution is 2.38. The predicted octanol–water partition coefficient (Wildman–Crippen LogP) is 3.68. The van der Waals surface area contributed by atoms with Crippen LogP contribution in [0.4, 0.5) is 16.6 Å². The average molecular weight is 625 g/mol. The lowest BCUT2D eigenvalue weighted by Gasteiger charge is -2.10. The van der Waals surface area contributed by atoms with E-state index in [0.717, 1.165) is 34.2 Å². The van der Waals surface area contributed by atoms with Gasteiger partial charge in [0.15, 0.2) is 11.5 Å². The lowest BCUT2D eigenvalue weighted by Crippen LogP contribution is -2.11. The second kappa shape index (κ2) is 9.37. The smallest absolute Gasteiger partial charge is 0.296 e. The van der Waals surface area contributed by atoms with Gasteiger partial charge in [-0.05, 0) is 37.3 Å². The van der Waals surface area contributed by atoms with Gasteiger partial charge in [-0.3, -0.25) is 13.7 Å².